The highest BCUT2D eigenvalue weighted by atomic mass is 16.5. The minimum atomic E-state index is -0.398. The van der Waals surface area contributed by atoms with Crippen molar-refractivity contribution in [2.24, 2.45) is 23.7 Å². The van der Waals surface area contributed by atoms with E-state index in [1.54, 1.807) is 19.1 Å². The molecule has 5 heteroatoms. The lowest BCUT2D eigenvalue weighted by Gasteiger charge is -2.31. The van der Waals surface area contributed by atoms with Gasteiger partial charge < -0.3 is 14.9 Å². The molecule has 6 unspecified atom stereocenters. The summed E-state index contributed by atoms with van der Waals surface area (Å²) < 4.78 is 6.67. The fraction of sp³-hybridized carbons (Fsp3) is 0.458. The Morgan fingerprint density at radius 3 is 2.28 bits per heavy atom. The molecule has 0 spiro atoms. The highest BCUT2D eigenvalue weighted by Crippen LogP contribution is 2.72. The molecule has 2 N–H and O–H groups in total. The SMILES string of the molecule is CCOC(=O)c1ccc(C)c(-n2c(O)c3c(c2O)C2CC3C3C4C=CC(C4)C23)c1. The second-order valence-corrected chi connectivity index (χ2v) is 9.08. The van der Waals surface area contributed by atoms with Crippen LogP contribution in [0.25, 0.3) is 5.69 Å². The molecule has 4 aliphatic carbocycles. The number of hydrogen-bond donors (Lipinski definition) is 2. The molecular formula is C24H25NO4. The van der Waals surface area contributed by atoms with Crippen molar-refractivity contribution < 1.29 is 19.7 Å². The van der Waals surface area contributed by atoms with Gasteiger partial charge in [-0.2, -0.15) is 0 Å². The number of carbonyl (C=O) groups is 1. The summed E-state index contributed by atoms with van der Waals surface area (Å²) in [5, 5.41) is 22.4. The highest BCUT2D eigenvalue weighted by molar-refractivity contribution is 5.90. The molecular weight excluding hydrogens is 366 g/mol. The van der Waals surface area contributed by atoms with Gasteiger partial charge in [0.2, 0.25) is 11.8 Å². The fourth-order valence-corrected chi connectivity index (χ4v) is 6.97. The van der Waals surface area contributed by atoms with Gasteiger partial charge in [0.25, 0.3) is 0 Å². The van der Waals surface area contributed by atoms with Crippen LogP contribution in [0, 0.1) is 30.6 Å². The minimum Gasteiger partial charge on any atom is -0.494 e. The monoisotopic (exact) mass is 391 g/mol. The van der Waals surface area contributed by atoms with Crippen molar-refractivity contribution >= 4 is 5.97 Å². The van der Waals surface area contributed by atoms with Crippen molar-refractivity contribution in [2.75, 3.05) is 6.61 Å². The number of aryl methyl sites for hydroxylation is 1. The van der Waals surface area contributed by atoms with E-state index in [2.05, 4.69) is 12.2 Å². The number of nitrogens with zero attached hydrogens (tertiary/aromatic N) is 1. The van der Waals surface area contributed by atoms with Crippen molar-refractivity contribution in [1.82, 2.24) is 4.57 Å². The Bertz CT molecular complexity index is 1030. The summed E-state index contributed by atoms with van der Waals surface area (Å²) in [6.07, 6.45) is 7.01. The third kappa shape index (κ3) is 2.03. The molecule has 2 fully saturated rings. The van der Waals surface area contributed by atoms with Crippen LogP contribution in [0.15, 0.2) is 30.4 Å². The summed E-state index contributed by atoms with van der Waals surface area (Å²) in [4.78, 5) is 12.2. The highest BCUT2D eigenvalue weighted by Gasteiger charge is 2.62. The topological polar surface area (TPSA) is 71.7 Å². The molecule has 1 heterocycles. The number of benzene rings is 1. The Balaban J connectivity index is 1.48. The van der Waals surface area contributed by atoms with Crippen LogP contribution in [0.1, 0.15) is 58.6 Å². The third-order valence-electron chi connectivity index (χ3n) is 7.92. The summed E-state index contributed by atoms with van der Waals surface area (Å²) in [5.74, 6) is 2.94. The normalized spacial score (nSPS) is 32.6. The predicted molar refractivity (Wildman–Crippen MR) is 108 cm³/mol. The number of rotatable bonds is 3. The first-order valence-corrected chi connectivity index (χ1v) is 10.6. The summed E-state index contributed by atoms with van der Waals surface area (Å²) >= 11 is 0. The largest absolute Gasteiger partial charge is 0.494 e. The van der Waals surface area contributed by atoms with E-state index in [0.29, 0.717) is 53.4 Å². The van der Waals surface area contributed by atoms with Crippen LogP contribution in [-0.2, 0) is 4.74 Å². The first-order valence-electron chi connectivity index (χ1n) is 10.6. The number of carbonyl (C=O) groups excluding carboxylic acids is 1. The molecule has 1 aromatic heterocycles. The van der Waals surface area contributed by atoms with E-state index in [9.17, 15) is 15.0 Å². The maximum atomic E-state index is 12.2. The Morgan fingerprint density at radius 2 is 1.69 bits per heavy atom. The number of hydrogen-bond acceptors (Lipinski definition) is 4. The van der Waals surface area contributed by atoms with Gasteiger partial charge in [0.15, 0.2) is 0 Å². The molecule has 1 aromatic carbocycles. The zero-order chi connectivity index (χ0) is 20.0. The zero-order valence-electron chi connectivity index (χ0n) is 16.6. The van der Waals surface area contributed by atoms with Crippen LogP contribution >= 0.6 is 0 Å². The van der Waals surface area contributed by atoms with Gasteiger partial charge in [-0.1, -0.05) is 18.2 Å². The first-order chi connectivity index (χ1) is 14.0. The third-order valence-corrected chi connectivity index (χ3v) is 7.92. The summed E-state index contributed by atoms with van der Waals surface area (Å²) in [6, 6.07) is 5.26. The average molecular weight is 391 g/mol. The molecule has 29 heavy (non-hydrogen) atoms. The number of allylic oxidation sites excluding steroid dienone is 2. The lowest BCUT2D eigenvalue weighted by atomic mass is 9.72. The molecule has 4 bridgehead atoms. The Morgan fingerprint density at radius 1 is 1.07 bits per heavy atom. The van der Waals surface area contributed by atoms with Gasteiger partial charge in [-0.05, 0) is 79.9 Å². The van der Waals surface area contributed by atoms with E-state index >= 15 is 0 Å². The summed E-state index contributed by atoms with van der Waals surface area (Å²) in [5.41, 5.74) is 3.81. The first kappa shape index (κ1) is 17.2. The van der Waals surface area contributed by atoms with Crippen molar-refractivity contribution in [1.29, 1.82) is 0 Å². The predicted octanol–water partition coefficient (Wildman–Crippen LogP) is 4.40. The van der Waals surface area contributed by atoms with E-state index in [1.807, 2.05) is 13.0 Å². The molecule has 0 radical (unpaired) electrons. The molecule has 2 saturated carbocycles. The summed E-state index contributed by atoms with van der Waals surface area (Å²) in [7, 11) is 0. The second kappa shape index (κ2) is 5.68. The zero-order valence-corrected chi connectivity index (χ0v) is 16.6. The van der Waals surface area contributed by atoms with Crippen molar-refractivity contribution in [3.63, 3.8) is 0 Å². The number of ether oxygens (including phenoxy) is 1. The van der Waals surface area contributed by atoms with E-state index in [1.165, 1.54) is 11.0 Å². The van der Waals surface area contributed by atoms with Crippen molar-refractivity contribution in [2.45, 2.75) is 38.5 Å². The smallest absolute Gasteiger partial charge is 0.338 e. The molecule has 0 amide bonds. The Labute approximate surface area is 169 Å². The lowest BCUT2D eigenvalue weighted by molar-refractivity contribution is 0.0526. The lowest BCUT2D eigenvalue weighted by Crippen LogP contribution is -2.24. The van der Waals surface area contributed by atoms with Gasteiger partial charge in [-0.15, -0.1) is 0 Å². The Kier molecular flexibility index (Phi) is 3.37. The standard InChI is InChI=1S/C24H25NO4/c1-3-29-24(28)14-5-4-11(2)17(9-14)25-22(26)20-15-10-16(21(20)23(25)27)19-13-7-6-12(8-13)18(15)19/h4-7,9,12-13,15-16,18-19,26-27H,3,8,10H2,1-2H3. The maximum absolute atomic E-state index is 12.2. The van der Waals surface area contributed by atoms with E-state index < -0.39 is 5.97 Å². The molecule has 0 aliphatic heterocycles. The fourth-order valence-electron chi connectivity index (χ4n) is 6.97. The Hall–Kier alpha value is -2.69. The van der Waals surface area contributed by atoms with Gasteiger partial charge in [0, 0.05) is 11.1 Å². The quantitative estimate of drug-likeness (QED) is 0.462. The second-order valence-electron chi connectivity index (χ2n) is 9.08. The molecule has 4 aliphatic rings. The van der Waals surface area contributed by atoms with Crippen LogP contribution in [0.5, 0.6) is 11.8 Å². The molecule has 2 aromatic rings. The van der Waals surface area contributed by atoms with Crippen LogP contribution < -0.4 is 0 Å². The van der Waals surface area contributed by atoms with Gasteiger partial charge in [0.05, 0.1) is 17.9 Å². The van der Waals surface area contributed by atoms with Crippen molar-refractivity contribution in [3.8, 4) is 17.4 Å². The number of aromatic hydroxyl groups is 2. The number of fused-ring (bicyclic) bond motifs is 12. The van der Waals surface area contributed by atoms with Crippen LogP contribution in [-0.4, -0.2) is 27.4 Å². The van der Waals surface area contributed by atoms with Gasteiger partial charge >= 0.3 is 5.97 Å². The molecule has 5 nitrogen and oxygen atoms in total. The van der Waals surface area contributed by atoms with E-state index in [0.717, 1.165) is 23.1 Å². The van der Waals surface area contributed by atoms with Crippen molar-refractivity contribution in [3.05, 3.63) is 52.6 Å². The molecule has 0 saturated heterocycles. The van der Waals surface area contributed by atoms with Gasteiger partial charge in [-0.25, -0.2) is 4.79 Å². The summed E-state index contributed by atoms with van der Waals surface area (Å²) in [6.45, 7) is 4.00. The van der Waals surface area contributed by atoms with Gasteiger partial charge in [0.1, 0.15) is 0 Å². The minimum absolute atomic E-state index is 0.138. The van der Waals surface area contributed by atoms with E-state index in [4.69, 9.17) is 4.74 Å². The van der Waals surface area contributed by atoms with Crippen LogP contribution in [0.2, 0.25) is 0 Å². The molecule has 6 atom stereocenters. The average Bonchev–Trinajstić information content (AvgIpc) is 3.49. The van der Waals surface area contributed by atoms with Crippen LogP contribution in [0.3, 0.4) is 0 Å². The van der Waals surface area contributed by atoms with E-state index in [-0.39, 0.29) is 11.8 Å². The molecule has 6 rings (SSSR count). The maximum Gasteiger partial charge on any atom is 0.338 e. The number of esters is 1. The van der Waals surface area contributed by atoms with Gasteiger partial charge in [-0.3, -0.25) is 4.57 Å². The van der Waals surface area contributed by atoms with Crippen LogP contribution in [0.4, 0.5) is 0 Å². The number of aromatic nitrogens is 1. The molecule has 150 valence electrons.